The van der Waals surface area contributed by atoms with Crippen LogP contribution in [0.4, 0.5) is 4.39 Å². The molecule has 0 heterocycles. The summed E-state index contributed by atoms with van der Waals surface area (Å²) in [5.41, 5.74) is 0. The third-order valence-electron chi connectivity index (χ3n) is 2.48. The van der Waals surface area contributed by atoms with Gasteiger partial charge in [0.05, 0.1) is 26.3 Å². The number of carbonyl (C=O) groups is 2. The Morgan fingerprint density at radius 2 is 1.53 bits per heavy atom. The van der Waals surface area contributed by atoms with E-state index in [1.54, 1.807) is 0 Å². The maximum Gasteiger partial charge on any atom is 0.340 e. The van der Waals surface area contributed by atoms with E-state index in [1.807, 2.05) is 0 Å². The molecule has 0 saturated carbocycles. The molecule has 0 amide bonds. The van der Waals surface area contributed by atoms with Crippen LogP contribution in [0.25, 0.3) is 0 Å². The lowest BCUT2D eigenvalue weighted by atomic mass is 10.0. The van der Waals surface area contributed by atoms with Gasteiger partial charge in [0, 0.05) is 20.6 Å². The quantitative estimate of drug-likeness (QED) is 0.491. The Kier molecular flexibility index (Phi) is 7.82. The van der Waals surface area contributed by atoms with Gasteiger partial charge in [0.1, 0.15) is 0 Å². The van der Waals surface area contributed by atoms with Crippen molar-refractivity contribution in [1.29, 1.82) is 0 Å². The minimum Gasteiger partial charge on any atom is -0.469 e. The van der Waals surface area contributed by atoms with Gasteiger partial charge in [-0.2, -0.15) is 0 Å². The molecule has 2 atom stereocenters. The SMILES string of the molecule is COC(=O)[C@H](C[C@@H]([18F])C(=O)OC)CP(=O)(OC)OC. The van der Waals surface area contributed by atoms with Crippen LogP contribution in [0, 0.1) is 5.92 Å². The molecule has 0 bridgehead atoms. The van der Waals surface area contributed by atoms with Crippen molar-refractivity contribution < 1.29 is 37.1 Å². The molecule has 0 N–H and O–H groups in total. The van der Waals surface area contributed by atoms with Crippen molar-refractivity contribution in [2.45, 2.75) is 12.6 Å². The Labute approximate surface area is 110 Å². The van der Waals surface area contributed by atoms with Gasteiger partial charge >= 0.3 is 19.5 Å². The van der Waals surface area contributed by atoms with Crippen LogP contribution in [0.5, 0.6) is 0 Å². The van der Waals surface area contributed by atoms with Gasteiger partial charge in [-0.15, -0.1) is 0 Å². The minimum absolute atomic E-state index is 0.385. The lowest BCUT2D eigenvalue weighted by Gasteiger charge is -2.20. The van der Waals surface area contributed by atoms with Crippen molar-refractivity contribution in [2.24, 2.45) is 5.92 Å². The molecule has 0 saturated heterocycles. The van der Waals surface area contributed by atoms with Crippen molar-refractivity contribution in [3.05, 3.63) is 0 Å². The molecule has 0 aliphatic heterocycles. The van der Waals surface area contributed by atoms with E-state index >= 15 is 0 Å². The predicted molar refractivity (Wildman–Crippen MR) is 63.5 cm³/mol. The Balaban J connectivity index is 4.88. The third-order valence-corrected chi connectivity index (χ3v) is 4.48. The second-order valence-electron chi connectivity index (χ2n) is 3.61. The summed E-state index contributed by atoms with van der Waals surface area (Å²) in [5, 5.41) is 0. The first-order valence-electron chi connectivity index (χ1n) is 5.33. The van der Waals surface area contributed by atoms with Crippen LogP contribution in [0.1, 0.15) is 6.42 Å². The molecule has 0 aromatic rings. The molecule has 0 aliphatic carbocycles. The topological polar surface area (TPSA) is 88.1 Å². The summed E-state index contributed by atoms with van der Waals surface area (Å²) in [4.78, 5) is 22.5. The van der Waals surface area contributed by atoms with Gasteiger partial charge in [-0.1, -0.05) is 0 Å². The fourth-order valence-electron chi connectivity index (χ4n) is 1.38. The van der Waals surface area contributed by atoms with E-state index in [1.165, 1.54) is 0 Å². The summed E-state index contributed by atoms with van der Waals surface area (Å²) in [6.45, 7) is 0. The van der Waals surface area contributed by atoms with Gasteiger partial charge in [0.2, 0.25) is 0 Å². The zero-order valence-electron chi connectivity index (χ0n) is 11.3. The maximum absolute atomic E-state index is 13.5. The van der Waals surface area contributed by atoms with E-state index < -0.39 is 38.0 Å². The van der Waals surface area contributed by atoms with Gasteiger partial charge < -0.3 is 18.5 Å². The normalized spacial score (nSPS) is 14.6. The van der Waals surface area contributed by atoms with Crippen LogP contribution in [0.15, 0.2) is 0 Å². The van der Waals surface area contributed by atoms with Gasteiger partial charge in [0.25, 0.3) is 0 Å². The molecule has 0 fully saturated rings. The van der Waals surface area contributed by atoms with Crippen LogP contribution < -0.4 is 0 Å². The van der Waals surface area contributed by atoms with Gasteiger partial charge in [-0.3, -0.25) is 9.36 Å². The van der Waals surface area contributed by atoms with Crippen LogP contribution in [0.2, 0.25) is 0 Å². The smallest absolute Gasteiger partial charge is 0.340 e. The number of carbonyl (C=O) groups excluding carboxylic acids is 2. The Morgan fingerprint density at radius 1 is 1.05 bits per heavy atom. The fourth-order valence-corrected chi connectivity index (χ4v) is 2.66. The maximum atomic E-state index is 13.5. The fraction of sp³-hybridized carbons (Fsp3) is 0.800. The Hall–Kier alpha value is -0.980. The first-order chi connectivity index (χ1) is 8.83. The zero-order chi connectivity index (χ0) is 15.1. The minimum atomic E-state index is -3.52. The lowest BCUT2D eigenvalue weighted by Crippen LogP contribution is -2.28. The second kappa shape index (κ2) is 8.24. The average Bonchev–Trinajstić information content (AvgIpc) is 2.44. The molecule has 7 nitrogen and oxygen atoms in total. The third kappa shape index (κ3) is 5.67. The van der Waals surface area contributed by atoms with Crippen LogP contribution in [-0.2, 0) is 32.7 Å². The highest BCUT2D eigenvalue weighted by molar-refractivity contribution is 7.53. The van der Waals surface area contributed by atoms with Gasteiger partial charge in [-0.25, -0.2) is 9.18 Å². The summed E-state index contributed by atoms with van der Waals surface area (Å²) in [6, 6.07) is 0. The number of esters is 2. The number of hydrogen-bond acceptors (Lipinski definition) is 7. The summed E-state index contributed by atoms with van der Waals surface area (Å²) < 4.78 is 43.4. The van der Waals surface area contributed by atoms with Crippen molar-refractivity contribution in [2.75, 3.05) is 34.6 Å². The lowest BCUT2D eigenvalue weighted by molar-refractivity contribution is -0.150. The van der Waals surface area contributed by atoms with Crippen molar-refractivity contribution in [3.63, 3.8) is 0 Å². The highest BCUT2D eigenvalue weighted by Crippen LogP contribution is 2.48. The number of methoxy groups -OCH3 is 2. The van der Waals surface area contributed by atoms with Crippen molar-refractivity contribution in [1.82, 2.24) is 0 Å². The van der Waals surface area contributed by atoms with Crippen molar-refractivity contribution >= 4 is 19.5 Å². The molecule has 0 rings (SSSR count). The number of halogens is 1. The Bertz CT molecular complexity index is 352. The summed E-state index contributed by atoms with van der Waals surface area (Å²) in [7, 11) is 0.898. The van der Waals surface area contributed by atoms with E-state index in [4.69, 9.17) is 0 Å². The van der Waals surface area contributed by atoms with Gasteiger partial charge in [-0.05, 0) is 0 Å². The highest BCUT2D eigenvalue weighted by atomic mass is 31.2. The molecule has 9 heteroatoms. The summed E-state index contributed by atoms with van der Waals surface area (Å²) in [5.74, 6) is -3.05. The van der Waals surface area contributed by atoms with E-state index in [0.29, 0.717) is 0 Å². The molecule has 0 aliphatic rings. The molecule has 0 radical (unpaired) electrons. The van der Waals surface area contributed by atoms with E-state index in [9.17, 15) is 18.5 Å². The van der Waals surface area contributed by atoms with E-state index in [2.05, 4.69) is 18.5 Å². The predicted octanol–water partition coefficient (Wildman–Crippen LogP) is 1.16. The first kappa shape index (κ1) is 18.0. The monoisotopic (exact) mass is 299 g/mol. The molecule has 19 heavy (non-hydrogen) atoms. The van der Waals surface area contributed by atoms with Gasteiger partial charge in [0.15, 0.2) is 6.17 Å². The molecule has 112 valence electrons. The molecular formula is C10H18FO7P. The van der Waals surface area contributed by atoms with E-state index in [-0.39, 0.29) is 6.16 Å². The Morgan fingerprint density at radius 3 is 1.89 bits per heavy atom. The van der Waals surface area contributed by atoms with E-state index in [0.717, 1.165) is 28.4 Å². The van der Waals surface area contributed by atoms with Crippen LogP contribution >= 0.6 is 7.60 Å². The summed E-state index contributed by atoms with van der Waals surface area (Å²) >= 11 is 0. The molecule has 0 unspecified atom stereocenters. The van der Waals surface area contributed by atoms with Crippen LogP contribution in [-0.4, -0.2) is 52.7 Å². The number of rotatable bonds is 8. The molecular weight excluding hydrogens is 281 g/mol. The largest absolute Gasteiger partial charge is 0.469 e. The van der Waals surface area contributed by atoms with Crippen LogP contribution in [0.3, 0.4) is 0 Å². The average molecular weight is 299 g/mol. The standard InChI is InChI=1S/C10H18FO7P/c1-15-9(12)7(5-8(11)10(13)16-2)6-19(14,17-3)18-4/h7-8H,5-6H2,1-4H3/t7-,8-/m1/s1/i11-1. The number of alkyl halides is 1. The molecule has 0 aromatic heterocycles. The zero-order valence-corrected chi connectivity index (χ0v) is 12.1. The number of hydrogen-bond donors (Lipinski definition) is 0. The molecule has 0 aromatic carbocycles. The summed E-state index contributed by atoms with van der Waals surface area (Å²) in [6.07, 6.45) is -2.92. The van der Waals surface area contributed by atoms with Crippen molar-refractivity contribution in [3.8, 4) is 0 Å². The number of ether oxygens (including phenoxy) is 2. The second-order valence-corrected chi connectivity index (χ2v) is 5.92. The highest BCUT2D eigenvalue weighted by Gasteiger charge is 2.35. The first-order valence-corrected chi connectivity index (χ1v) is 7.06. The molecule has 0 spiro atoms.